The van der Waals surface area contributed by atoms with Crippen molar-refractivity contribution in [1.82, 2.24) is 0 Å². The molecule has 1 aliphatic carbocycles. The van der Waals surface area contributed by atoms with Gasteiger partial charge in [-0.25, -0.2) is 0 Å². The van der Waals surface area contributed by atoms with E-state index in [0.29, 0.717) is 0 Å². The van der Waals surface area contributed by atoms with Crippen LogP contribution in [0.25, 0.3) is 65.8 Å². The van der Waals surface area contributed by atoms with Gasteiger partial charge in [0.15, 0.2) is 11.2 Å². The van der Waals surface area contributed by atoms with Crippen LogP contribution in [0.3, 0.4) is 0 Å². The van der Waals surface area contributed by atoms with E-state index in [9.17, 15) is 0 Å². The molecule has 0 spiro atoms. The minimum Gasteiger partial charge on any atom is -0.454 e. The molecule has 0 aliphatic heterocycles. The van der Waals surface area contributed by atoms with E-state index in [0.717, 1.165) is 78.0 Å². The van der Waals surface area contributed by atoms with Crippen LogP contribution >= 0.6 is 0 Å². The second-order valence-electron chi connectivity index (χ2n) is 16.1. The summed E-state index contributed by atoms with van der Waals surface area (Å²) in [5.74, 6) is 0. The molecule has 59 heavy (non-hydrogen) atoms. The highest BCUT2D eigenvalue weighted by Crippen LogP contribution is 2.54. The number of fused-ring (bicyclic) bond motifs is 11. The van der Waals surface area contributed by atoms with Crippen LogP contribution in [0.1, 0.15) is 25.0 Å². The van der Waals surface area contributed by atoms with E-state index in [1.54, 1.807) is 0 Å². The Balaban J connectivity index is 0.995. The monoisotopic (exact) mass is 758 g/mol. The Kier molecular flexibility index (Phi) is 7.24. The summed E-state index contributed by atoms with van der Waals surface area (Å²) in [6.45, 7) is 4.75. The minimum absolute atomic E-state index is 0.269. The molecule has 1 aliphatic rings. The summed E-state index contributed by atoms with van der Waals surface area (Å²) in [4.78, 5) is 4.67. The lowest BCUT2D eigenvalue weighted by atomic mass is 9.80. The average molecular weight is 759 g/mol. The Morgan fingerprint density at radius 2 is 0.864 bits per heavy atom. The Hall–Kier alpha value is -7.56. The summed E-state index contributed by atoms with van der Waals surface area (Å²) >= 11 is 0. The van der Waals surface area contributed by atoms with Gasteiger partial charge in [0, 0.05) is 49.7 Å². The van der Waals surface area contributed by atoms with Crippen molar-refractivity contribution in [2.75, 3.05) is 9.80 Å². The molecule has 0 bridgehead atoms. The molecule has 0 saturated heterocycles. The van der Waals surface area contributed by atoms with Gasteiger partial charge in [0.1, 0.15) is 11.2 Å². The zero-order valence-corrected chi connectivity index (χ0v) is 32.7. The Bertz CT molecular complexity index is 3430. The van der Waals surface area contributed by atoms with Crippen LogP contribution in [0.4, 0.5) is 34.1 Å². The molecule has 2 heterocycles. The van der Waals surface area contributed by atoms with E-state index < -0.39 is 0 Å². The second-order valence-corrected chi connectivity index (χ2v) is 16.1. The lowest BCUT2D eigenvalue weighted by molar-refractivity contribution is 0.666. The topological polar surface area (TPSA) is 32.8 Å². The van der Waals surface area contributed by atoms with Gasteiger partial charge in [-0.05, 0) is 106 Å². The van der Waals surface area contributed by atoms with Crippen molar-refractivity contribution in [3.8, 4) is 11.1 Å². The van der Waals surface area contributed by atoms with E-state index in [1.165, 1.54) is 33.0 Å². The van der Waals surface area contributed by atoms with E-state index in [2.05, 4.69) is 200 Å². The van der Waals surface area contributed by atoms with Gasteiger partial charge in [-0.1, -0.05) is 135 Å². The molecule has 280 valence electrons. The molecule has 0 fully saturated rings. The molecule has 0 N–H and O–H groups in total. The first-order valence-corrected chi connectivity index (χ1v) is 20.3. The fourth-order valence-corrected chi connectivity index (χ4v) is 9.74. The highest BCUT2D eigenvalue weighted by Gasteiger charge is 2.38. The fraction of sp³-hybridized carbons (Fsp3) is 0.0545. The van der Waals surface area contributed by atoms with Gasteiger partial charge >= 0.3 is 0 Å². The molecule has 4 nitrogen and oxygen atoms in total. The summed E-state index contributed by atoms with van der Waals surface area (Å²) in [7, 11) is 0. The van der Waals surface area contributed by atoms with Gasteiger partial charge in [0.05, 0.1) is 11.4 Å². The van der Waals surface area contributed by atoms with E-state index >= 15 is 0 Å². The summed E-state index contributed by atoms with van der Waals surface area (Å²) < 4.78 is 13.2. The number of hydrogen-bond acceptors (Lipinski definition) is 4. The first-order chi connectivity index (χ1) is 29.0. The van der Waals surface area contributed by atoms with Gasteiger partial charge in [-0.3, -0.25) is 0 Å². The first kappa shape index (κ1) is 33.6. The Morgan fingerprint density at radius 1 is 0.373 bits per heavy atom. The maximum absolute atomic E-state index is 6.61. The van der Waals surface area contributed by atoms with Crippen LogP contribution in [-0.4, -0.2) is 0 Å². The van der Waals surface area contributed by atoms with Gasteiger partial charge in [-0.15, -0.1) is 0 Å². The van der Waals surface area contributed by atoms with Crippen LogP contribution in [-0.2, 0) is 5.41 Å². The lowest BCUT2D eigenvalue weighted by Gasteiger charge is -2.28. The number of furan rings is 2. The molecule has 0 radical (unpaired) electrons. The van der Waals surface area contributed by atoms with Gasteiger partial charge in [-0.2, -0.15) is 0 Å². The zero-order valence-electron chi connectivity index (χ0n) is 32.7. The van der Waals surface area contributed by atoms with E-state index in [1.807, 2.05) is 18.2 Å². The molecule has 0 atom stereocenters. The van der Waals surface area contributed by atoms with Crippen molar-refractivity contribution in [2.24, 2.45) is 0 Å². The summed E-state index contributed by atoms with van der Waals surface area (Å²) in [6, 6.07) is 69.2. The molecular weight excluding hydrogens is 721 g/mol. The maximum Gasteiger partial charge on any atom is 0.159 e. The molecule has 0 unspecified atom stereocenters. The SMILES string of the molecule is CC1(C)c2cc(N(c3ccccc3)c3cccc4c3oc3ccccc34)ccc2-c2ccc3cc(N(c4ccccc4)c4cccc5c4oc4ccccc45)ccc3c21. The quantitative estimate of drug-likeness (QED) is 0.169. The first-order valence-electron chi connectivity index (χ1n) is 20.3. The molecule has 9 aromatic carbocycles. The number of para-hydroxylation sites is 6. The minimum atomic E-state index is -0.269. The van der Waals surface area contributed by atoms with Gasteiger partial charge in [0.25, 0.3) is 0 Å². The molecule has 0 saturated carbocycles. The standard InChI is InChI=1S/C55H38N2O2/c1-55(2)47-34-39(57(37-17-7-4-8-18-37)49-24-14-22-46-43-20-10-12-26-51(43)59-54(46)49)29-32-41(47)44-30-27-35-33-38(28-31-40(35)52(44)55)56(36-15-5-3-6-16-36)48-23-13-21-45-42-19-9-11-25-50(42)58-53(45)48/h3-34H,1-2H3. The van der Waals surface area contributed by atoms with Gasteiger partial charge in [0.2, 0.25) is 0 Å². The normalized spacial score (nSPS) is 13.1. The van der Waals surface area contributed by atoms with Crippen LogP contribution in [0, 0.1) is 0 Å². The summed E-state index contributed by atoms with van der Waals surface area (Å²) in [5.41, 5.74) is 14.8. The number of rotatable bonds is 6. The van der Waals surface area contributed by atoms with Crippen LogP contribution in [0.2, 0.25) is 0 Å². The third kappa shape index (κ3) is 5.03. The van der Waals surface area contributed by atoms with Gasteiger partial charge < -0.3 is 18.6 Å². The van der Waals surface area contributed by atoms with E-state index in [-0.39, 0.29) is 5.41 Å². The Morgan fingerprint density at radius 3 is 1.46 bits per heavy atom. The van der Waals surface area contributed by atoms with Crippen LogP contribution in [0.5, 0.6) is 0 Å². The van der Waals surface area contributed by atoms with Crippen LogP contribution < -0.4 is 9.80 Å². The molecule has 4 heteroatoms. The molecule has 2 aromatic heterocycles. The number of nitrogens with zero attached hydrogens (tertiary/aromatic N) is 2. The largest absolute Gasteiger partial charge is 0.454 e. The van der Waals surface area contributed by atoms with Crippen LogP contribution in [0.15, 0.2) is 203 Å². The Labute approximate surface area is 341 Å². The molecule has 0 amide bonds. The third-order valence-electron chi connectivity index (χ3n) is 12.4. The van der Waals surface area contributed by atoms with Crippen molar-refractivity contribution in [3.05, 3.63) is 205 Å². The highest BCUT2D eigenvalue weighted by atomic mass is 16.3. The van der Waals surface area contributed by atoms with Crippen molar-refractivity contribution < 1.29 is 8.83 Å². The predicted octanol–water partition coefficient (Wildman–Crippen LogP) is 15.9. The van der Waals surface area contributed by atoms with E-state index in [4.69, 9.17) is 8.83 Å². The number of benzene rings is 9. The summed E-state index contributed by atoms with van der Waals surface area (Å²) in [6.07, 6.45) is 0. The zero-order chi connectivity index (χ0) is 39.2. The fourth-order valence-electron chi connectivity index (χ4n) is 9.74. The highest BCUT2D eigenvalue weighted by molar-refractivity contribution is 6.12. The molecule has 11 aromatic rings. The van der Waals surface area contributed by atoms with Crippen molar-refractivity contribution in [2.45, 2.75) is 19.3 Å². The second kappa shape index (κ2) is 12.7. The maximum atomic E-state index is 6.61. The average Bonchev–Trinajstić information content (AvgIpc) is 3.93. The number of hydrogen-bond donors (Lipinski definition) is 0. The van der Waals surface area contributed by atoms with Crippen molar-refractivity contribution in [1.29, 1.82) is 0 Å². The summed E-state index contributed by atoms with van der Waals surface area (Å²) in [5, 5.41) is 6.92. The smallest absolute Gasteiger partial charge is 0.159 e. The molecule has 12 rings (SSSR count). The molecular formula is C55H38N2O2. The lowest BCUT2D eigenvalue weighted by Crippen LogP contribution is -2.17. The van der Waals surface area contributed by atoms with Crippen molar-refractivity contribution in [3.63, 3.8) is 0 Å². The van der Waals surface area contributed by atoms with Crippen molar-refractivity contribution >= 4 is 88.8 Å². The predicted molar refractivity (Wildman–Crippen MR) is 245 cm³/mol. The third-order valence-corrected chi connectivity index (χ3v) is 12.4. The number of anilines is 6.